The molecule has 1 fully saturated rings. The summed E-state index contributed by atoms with van der Waals surface area (Å²) in [5, 5.41) is 10.7. The third-order valence-corrected chi connectivity index (χ3v) is 5.79. The standard InChI is InChI=1S/C12H19N5O3S/c13-11(18)10-5-16-17-6-8(4-15-12(10)17)3-14-9-1-2-21(19,20)7-9/h5,8-9,14-15H,1-4,6-7H2,(H2,13,18)/t8-,9+/m1/s1. The number of sulfone groups is 1. The lowest BCUT2D eigenvalue weighted by atomic mass is 10.1. The number of hydrogen-bond donors (Lipinski definition) is 3. The van der Waals surface area contributed by atoms with Crippen LogP contribution in [0.25, 0.3) is 0 Å². The molecule has 0 saturated carbocycles. The first-order valence-electron chi connectivity index (χ1n) is 6.98. The Balaban J connectivity index is 1.56. The summed E-state index contributed by atoms with van der Waals surface area (Å²) < 4.78 is 24.6. The van der Waals surface area contributed by atoms with Crippen molar-refractivity contribution in [3.8, 4) is 0 Å². The van der Waals surface area contributed by atoms with Gasteiger partial charge in [-0.2, -0.15) is 5.10 Å². The van der Waals surface area contributed by atoms with Gasteiger partial charge in [0.15, 0.2) is 9.84 Å². The molecule has 3 heterocycles. The SMILES string of the molecule is NC(=O)c1cnn2c1NC[C@@H](CN[C@H]1CCS(=O)(=O)C1)C2. The van der Waals surface area contributed by atoms with Gasteiger partial charge in [0.05, 0.1) is 17.7 Å². The lowest BCUT2D eigenvalue weighted by Gasteiger charge is -2.26. The van der Waals surface area contributed by atoms with Crippen molar-refractivity contribution in [2.75, 3.05) is 29.9 Å². The molecule has 1 amide bonds. The molecule has 116 valence electrons. The van der Waals surface area contributed by atoms with Gasteiger partial charge in [-0.1, -0.05) is 0 Å². The highest BCUT2D eigenvalue weighted by atomic mass is 32.2. The van der Waals surface area contributed by atoms with Crippen LogP contribution in [0.4, 0.5) is 5.82 Å². The van der Waals surface area contributed by atoms with Crippen molar-refractivity contribution in [3.63, 3.8) is 0 Å². The van der Waals surface area contributed by atoms with Gasteiger partial charge < -0.3 is 16.4 Å². The molecule has 0 radical (unpaired) electrons. The summed E-state index contributed by atoms with van der Waals surface area (Å²) in [4.78, 5) is 11.2. The van der Waals surface area contributed by atoms with Crippen LogP contribution in [0.1, 0.15) is 16.8 Å². The summed E-state index contributed by atoms with van der Waals surface area (Å²) in [6, 6.07) is 0.0511. The van der Waals surface area contributed by atoms with E-state index in [0.717, 1.165) is 6.54 Å². The smallest absolute Gasteiger partial charge is 0.254 e. The average molecular weight is 313 g/mol. The molecule has 4 N–H and O–H groups in total. The number of aromatic nitrogens is 2. The van der Waals surface area contributed by atoms with Gasteiger partial charge in [-0.3, -0.25) is 4.79 Å². The maximum Gasteiger partial charge on any atom is 0.254 e. The van der Waals surface area contributed by atoms with Crippen molar-refractivity contribution >= 4 is 21.6 Å². The molecule has 0 aliphatic carbocycles. The van der Waals surface area contributed by atoms with E-state index in [-0.39, 0.29) is 17.5 Å². The zero-order chi connectivity index (χ0) is 15.0. The van der Waals surface area contributed by atoms with Crippen LogP contribution in [-0.2, 0) is 16.4 Å². The molecule has 1 aromatic heterocycles. The van der Waals surface area contributed by atoms with Crippen LogP contribution in [0.15, 0.2) is 6.20 Å². The Kier molecular flexibility index (Phi) is 3.62. The minimum absolute atomic E-state index is 0.0511. The van der Waals surface area contributed by atoms with Gasteiger partial charge in [0.1, 0.15) is 11.4 Å². The van der Waals surface area contributed by atoms with Gasteiger partial charge >= 0.3 is 0 Å². The number of hydrogen-bond acceptors (Lipinski definition) is 6. The van der Waals surface area contributed by atoms with Crippen molar-refractivity contribution in [2.24, 2.45) is 11.7 Å². The predicted molar refractivity (Wildman–Crippen MR) is 77.8 cm³/mol. The lowest BCUT2D eigenvalue weighted by Crippen LogP contribution is -2.40. The van der Waals surface area contributed by atoms with Gasteiger partial charge in [-0.05, 0) is 6.42 Å². The Morgan fingerprint density at radius 1 is 1.57 bits per heavy atom. The molecular weight excluding hydrogens is 294 g/mol. The number of rotatable bonds is 4. The number of nitrogens with two attached hydrogens (primary N) is 1. The zero-order valence-electron chi connectivity index (χ0n) is 11.6. The Hall–Kier alpha value is -1.61. The number of anilines is 1. The summed E-state index contributed by atoms with van der Waals surface area (Å²) >= 11 is 0. The summed E-state index contributed by atoms with van der Waals surface area (Å²) in [5.41, 5.74) is 5.69. The molecule has 8 nitrogen and oxygen atoms in total. The van der Waals surface area contributed by atoms with E-state index in [1.54, 1.807) is 4.68 Å². The summed E-state index contributed by atoms with van der Waals surface area (Å²) in [5.74, 6) is 0.977. The molecule has 0 spiro atoms. The largest absolute Gasteiger partial charge is 0.369 e. The molecule has 1 saturated heterocycles. The Morgan fingerprint density at radius 2 is 2.38 bits per heavy atom. The maximum atomic E-state index is 11.4. The number of nitrogens with zero attached hydrogens (tertiary/aromatic N) is 2. The molecule has 0 unspecified atom stereocenters. The monoisotopic (exact) mass is 313 g/mol. The van der Waals surface area contributed by atoms with Crippen molar-refractivity contribution in [1.82, 2.24) is 15.1 Å². The fraction of sp³-hybridized carbons (Fsp3) is 0.667. The highest BCUT2D eigenvalue weighted by Gasteiger charge is 2.29. The fourth-order valence-electron chi connectivity index (χ4n) is 2.87. The fourth-order valence-corrected chi connectivity index (χ4v) is 4.57. The van der Waals surface area contributed by atoms with E-state index in [1.807, 2.05) is 0 Å². The minimum atomic E-state index is -2.85. The van der Waals surface area contributed by atoms with Crippen molar-refractivity contribution < 1.29 is 13.2 Å². The van der Waals surface area contributed by atoms with E-state index in [2.05, 4.69) is 15.7 Å². The number of nitrogens with one attached hydrogen (secondary N) is 2. The van der Waals surface area contributed by atoms with Gasteiger partial charge in [0.2, 0.25) is 0 Å². The van der Waals surface area contributed by atoms with Crippen LogP contribution < -0.4 is 16.4 Å². The Bertz CT molecular complexity index is 654. The number of amides is 1. The molecule has 0 aromatic carbocycles. The molecule has 2 atom stereocenters. The summed E-state index contributed by atoms with van der Waals surface area (Å²) in [6.07, 6.45) is 2.16. The van der Waals surface area contributed by atoms with E-state index >= 15 is 0 Å². The number of primary amides is 1. The topological polar surface area (TPSA) is 119 Å². The van der Waals surface area contributed by atoms with Crippen molar-refractivity contribution in [2.45, 2.75) is 19.0 Å². The minimum Gasteiger partial charge on any atom is -0.369 e. The van der Waals surface area contributed by atoms with Crippen LogP contribution in [0.2, 0.25) is 0 Å². The highest BCUT2D eigenvalue weighted by Crippen LogP contribution is 2.21. The van der Waals surface area contributed by atoms with Gasteiger partial charge in [0, 0.05) is 31.6 Å². The number of carbonyl (C=O) groups excluding carboxylic acids is 1. The third kappa shape index (κ3) is 3.03. The summed E-state index contributed by atoms with van der Waals surface area (Å²) in [6.45, 7) is 2.11. The van der Waals surface area contributed by atoms with Crippen LogP contribution >= 0.6 is 0 Å². The molecule has 2 aliphatic heterocycles. The first kappa shape index (κ1) is 14.3. The van der Waals surface area contributed by atoms with Crippen LogP contribution in [0, 0.1) is 5.92 Å². The Morgan fingerprint density at radius 3 is 3.05 bits per heavy atom. The van der Waals surface area contributed by atoms with Crippen LogP contribution in [-0.4, -0.2) is 54.7 Å². The van der Waals surface area contributed by atoms with Crippen molar-refractivity contribution in [3.05, 3.63) is 11.8 Å². The van der Waals surface area contributed by atoms with Gasteiger partial charge in [0.25, 0.3) is 5.91 Å². The summed E-state index contributed by atoms with van der Waals surface area (Å²) in [7, 11) is -2.85. The van der Waals surface area contributed by atoms with Gasteiger partial charge in [-0.25, -0.2) is 13.1 Å². The molecule has 0 bridgehead atoms. The average Bonchev–Trinajstić information content (AvgIpc) is 2.99. The predicted octanol–water partition coefficient (Wildman–Crippen LogP) is -1.20. The third-order valence-electron chi connectivity index (χ3n) is 4.02. The highest BCUT2D eigenvalue weighted by molar-refractivity contribution is 7.91. The first-order valence-corrected chi connectivity index (χ1v) is 8.80. The molecule has 2 aliphatic rings. The molecule has 3 rings (SSSR count). The second-order valence-corrected chi connectivity index (χ2v) is 7.94. The quantitative estimate of drug-likeness (QED) is 0.642. The van der Waals surface area contributed by atoms with Crippen LogP contribution in [0.5, 0.6) is 0 Å². The number of carbonyl (C=O) groups is 1. The second-order valence-electron chi connectivity index (χ2n) is 5.71. The zero-order valence-corrected chi connectivity index (χ0v) is 12.4. The second kappa shape index (κ2) is 5.30. The van der Waals surface area contributed by atoms with Crippen LogP contribution in [0.3, 0.4) is 0 Å². The van der Waals surface area contributed by atoms with E-state index in [4.69, 9.17) is 5.73 Å². The Labute approximate surface area is 123 Å². The molecule has 9 heteroatoms. The van der Waals surface area contributed by atoms with E-state index in [1.165, 1.54) is 6.20 Å². The molecule has 21 heavy (non-hydrogen) atoms. The molecule has 1 aromatic rings. The van der Waals surface area contributed by atoms with E-state index in [0.29, 0.717) is 36.8 Å². The first-order chi connectivity index (χ1) is 9.94. The normalized spacial score (nSPS) is 27.0. The van der Waals surface area contributed by atoms with E-state index < -0.39 is 15.7 Å². The van der Waals surface area contributed by atoms with E-state index in [9.17, 15) is 13.2 Å². The number of fused-ring (bicyclic) bond motifs is 1. The van der Waals surface area contributed by atoms with Gasteiger partial charge in [-0.15, -0.1) is 0 Å². The maximum absolute atomic E-state index is 11.4. The lowest BCUT2D eigenvalue weighted by molar-refractivity contribution is 0.100. The molecular formula is C12H19N5O3S. The van der Waals surface area contributed by atoms with Crippen molar-refractivity contribution in [1.29, 1.82) is 0 Å².